The standard InChI is InChI=1S/C28H32N6O.2H2/c1-18-11-21(12-19(2)31-18)27(30)24-13-22-16-34(28(35)32-26(22)14-25(24)29)23-9-6-10-33(17-23)15-20-7-4-3-5-8-20;;/h3-5,7-8,11-14,23,30H,6,9-10,15-17,29H2,1-2H3,(H,32,35);2*1H/t23-;;/m0../s1. The fraction of sp³-hybridized carbons (Fsp3) is 0.321. The summed E-state index contributed by atoms with van der Waals surface area (Å²) in [5, 5.41) is 11.9. The van der Waals surface area contributed by atoms with E-state index < -0.39 is 0 Å². The van der Waals surface area contributed by atoms with Crippen LogP contribution in [-0.2, 0) is 13.1 Å². The van der Waals surface area contributed by atoms with Crippen LogP contribution in [0.1, 0.15) is 49.3 Å². The number of piperidine rings is 1. The first-order valence-corrected chi connectivity index (χ1v) is 12.2. The van der Waals surface area contributed by atoms with Crippen LogP contribution in [-0.4, -0.2) is 45.7 Å². The molecule has 0 spiro atoms. The molecule has 184 valence electrons. The molecule has 2 aliphatic heterocycles. The monoisotopic (exact) mass is 472 g/mol. The van der Waals surface area contributed by atoms with Crippen LogP contribution < -0.4 is 11.1 Å². The highest BCUT2D eigenvalue weighted by Crippen LogP contribution is 2.32. The Labute approximate surface area is 209 Å². The minimum Gasteiger partial charge on any atom is -0.398 e. The first kappa shape index (κ1) is 23.1. The van der Waals surface area contributed by atoms with Crippen molar-refractivity contribution in [2.24, 2.45) is 0 Å². The molecule has 0 saturated carbocycles. The van der Waals surface area contributed by atoms with Crippen LogP contribution in [0.5, 0.6) is 0 Å². The summed E-state index contributed by atoms with van der Waals surface area (Å²) in [7, 11) is 0. The number of anilines is 2. The van der Waals surface area contributed by atoms with Crippen molar-refractivity contribution < 1.29 is 7.65 Å². The molecule has 1 aromatic heterocycles. The van der Waals surface area contributed by atoms with Gasteiger partial charge in [0.15, 0.2) is 0 Å². The van der Waals surface area contributed by atoms with E-state index in [0.29, 0.717) is 23.5 Å². The molecule has 2 aromatic carbocycles. The number of nitrogens with two attached hydrogens (primary N) is 1. The Hall–Kier alpha value is -3.71. The number of aromatic nitrogens is 1. The Bertz CT molecular complexity index is 1260. The number of urea groups is 1. The Morgan fingerprint density at radius 1 is 1.17 bits per heavy atom. The summed E-state index contributed by atoms with van der Waals surface area (Å²) in [6.07, 6.45) is 2.05. The normalized spacial score (nSPS) is 18.2. The smallest absolute Gasteiger partial charge is 0.322 e. The average Bonchev–Trinajstić information content (AvgIpc) is 2.83. The molecule has 0 bridgehead atoms. The fourth-order valence-electron chi connectivity index (χ4n) is 5.27. The van der Waals surface area contributed by atoms with E-state index in [9.17, 15) is 4.79 Å². The lowest BCUT2D eigenvalue weighted by atomic mass is 9.95. The topological polar surface area (TPSA) is 98.3 Å². The van der Waals surface area contributed by atoms with Gasteiger partial charge in [0, 0.05) is 62.4 Å². The molecule has 1 atom stereocenters. The Balaban J connectivity index is 0.00000190. The maximum Gasteiger partial charge on any atom is 0.322 e. The van der Waals surface area contributed by atoms with Crippen LogP contribution in [0.15, 0.2) is 54.6 Å². The number of fused-ring (bicyclic) bond motifs is 1. The Kier molecular flexibility index (Phi) is 6.26. The third kappa shape index (κ3) is 4.91. The van der Waals surface area contributed by atoms with Gasteiger partial charge in [-0.2, -0.15) is 0 Å². The number of benzene rings is 2. The second kappa shape index (κ2) is 9.50. The van der Waals surface area contributed by atoms with E-state index in [1.54, 1.807) is 6.07 Å². The van der Waals surface area contributed by atoms with Crippen molar-refractivity contribution in [3.63, 3.8) is 0 Å². The first-order valence-electron chi connectivity index (χ1n) is 12.2. The summed E-state index contributed by atoms with van der Waals surface area (Å²) < 4.78 is 0. The van der Waals surface area contributed by atoms with Gasteiger partial charge in [-0.1, -0.05) is 30.3 Å². The van der Waals surface area contributed by atoms with Gasteiger partial charge < -0.3 is 16.0 Å². The lowest BCUT2D eigenvalue weighted by Crippen LogP contribution is -2.52. The maximum atomic E-state index is 13.1. The minimum atomic E-state index is -0.0772. The summed E-state index contributed by atoms with van der Waals surface area (Å²) in [6.45, 7) is 7.16. The van der Waals surface area contributed by atoms with Crippen LogP contribution in [0.25, 0.3) is 0 Å². The number of amides is 2. The molecule has 2 amide bonds. The van der Waals surface area contributed by atoms with E-state index >= 15 is 0 Å². The quantitative estimate of drug-likeness (QED) is 0.351. The third-order valence-corrected chi connectivity index (χ3v) is 6.93. The van der Waals surface area contributed by atoms with Crippen molar-refractivity contribution in [3.8, 4) is 0 Å². The molecule has 35 heavy (non-hydrogen) atoms. The number of hydrogen-bond donors (Lipinski definition) is 3. The maximum absolute atomic E-state index is 13.1. The van der Waals surface area contributed by atoms with Crippen LogP contribution in [0.3, 0.4) is 0 Å². The predicted octanol–water partition coefficient (Wildman–Crippen LogP) is 5.20. The molecular formula is C28H36N6O. The van der Waals surface area contributed by atoms with Crippen molar-refractivity contribution >= 4 is 23.1 Å². The molecular weight excluding hydrogens is 436 g/mol. The van der Waals surface area contributed by atoms with Crippen molar-refractivity contribution in [1.29, 1.82) is 5.41 Å². The summed E-state index contributed by atoms with van der Waals surface area (Å²) in [5.41, 5.74) is 13.4. The summed E-state index contributed by atoms with van der Waals surface area (Å²) in [5.74, 6) is 0. The highest BCUT2D eigenvalue weighted by Gasteiger charge is 2.32. The SMILES string of the molecule is Cc1cc(C(=N)c2cc3c(cc2N)NC(=O)N([C@H]2CCCN(Cc4ccccc4)C2)C3)cc(C)n1.[HH].[HH]. The van der Waals surface area contributed by atoms with Gasteiger partial charge in [0.1, 0.15) is 0 Å². The predicted molar refractivity (Wildman–Crippen MR) is 144 cm³/mol. The van der Waals surface area contributed by atoms with Gasteiger partial charge in [-0.15, -0.1) is 0 Å². The first-order chi connectivity index (χ1) is 16.9. The summed E-state index contributed by atoms with van der Waals surface area (Å²) >= 11 is 0. The molecule has 0 radical (unpaired) electrons. The third-order valence-electron chi connectivity index (χ3n) is 6.93. The largest absolute Gasteiger partial charge is 0.398 e. The highest BCUT2D eigenvalue weighted by atomic mass is 16.2. The molecule has 1 fully saturated rings. The number of aryl methyl sites for hydroxylation is 2. The van der Waals surface area contributed by atoms with E-state index in [4.69, 9.17) is 11.1 Å². The van der Waals surface area contributed by atoms with Crippen molar-refractivity contribution in [3.05, 3.63) is 88.2 Å². The lowest BCUT2D eigenvalue weighted by Gasteiger charge is -2.41. The zero-order valence-electron chi connectivity index (χ0n) is 20.3. The van der Waals surface area contributed by atoms with E-state index in [2.05, 4.69) is 39.5 Å². The van der Waals surface area contributed by atoms with E-state index in [1.807, 2.05) is 43.0 Å². The second-order valence-electron chi connectivity index (χ2n) is 9.69. The highest BCUT2D eigenvalue weighted by molar-refractivity contribution is 6.14. The fourth-order valence-corrected chi connectivity index (χ4v) is 5.27. The average molecular weight is 473 g/mol. The van der Waals surface area contributed by atoms with Gasteiger partial charge in [0.25, 0.3) is 0 Å². The summed E-state index contributed by atoms with van der Waals surface area (Å²) in [4.78, 5) is 21.9. The minimum absolute atomic E-state index is 0. The number of nitrogens with one attached hydrogen (secondary N) is 2. The zero-order chi connectivity index (χ0) is 24.5. The molecule has 2 aliphatic rings. The van der Waals surface area contributed by atoms with Gasteiger partial charge in [0.05, 0.1) is 5.71 Å². The van der Waals surface area contributed by atoms with Crippen LogP contribution in [0, 0.1) is 19.3 Å². The summed E-state index contributed by atoms with van der Waals surface area (Å²) in [6, 6.07) is 18.1. The molecule has 5 rings (SSSR count). The van der Waals surface area contributed by atoms with Crippen LogP contribution in [0.4, 0.5) is 16.2 Å². The molecule has 7 nitrogen and oxygen atoms in total. The number of pyridine rings is 1. The molecule has 0 aliphatic carbocycles. The molecule has 3 aromatic rings. The zero-order valence-corrected chi connectivity index (χ0v) is 20.3. The van der Waals surface area contributed by atoms with Gasteiger partial charge >= 0.3 is 6.03 Å². The molecule has 3 heterocycles. The van der Waals surface area contributed by atoms with Crippen LogP contribution in [0.2, 0.25) is 0 Å². The van der Waals surface area contributed by atoms with E-state index in [1.165, 1.54) is 5.56 Å². The van der Waals surface area contributed by atoms with Gasteiger partial charge in [-0.05, 0) is 68.6 Å². The number of nitrogen functional groups attached to an aromatic ring is 1. The van der Waals surface area contributed by atoms with Gasteiger partial charge in [-0.25, -0.2) is 4.79 Å². The second-order valence-corrected chi connectivity index (χ2v) is 9.69. The van der Waals surface area contributed by atoms with Crippen molar-refractivity contribution in [2.45, 2.75) is 45.8 Å². The number of likely N-dealkylation sites (tertiary alicyclic amines) is 1. The van der Waals surface area contributed by atoms with Crippen molar-refractivity contribution in [2.75, 3.05) is 24.1 Å². The van der Waals surface area contributed by atoms with Gasteiger partial charge in [-0.3, -0.25) is 15.3 Å². The van der Waals surface area contributed by atoms with E-state index in [0.717, 1.165) is 60.7 Å². The number of rotatable bonds is 5. The van der Waals surface area contributed by atoms with Crippen LogP contribution >= 0.6 is 0 Å². The number of hydrogen-bond acceptors (Lipinski definition) is 5. The Morgan fingerprint density at radius 3 is 2.66 bits per heavy atom. The molecule has 7 heteroatoms. The Morgan fingerprint density at radius 2 is 1.91 bits per heavy atom. The molecule has 0 unspecified atom stereocenters. The number of carbonyl (C=O) groups is 1. The van der Waals surface area contributed by atoms with Gasteiger partial charge in [0.2, 0.25) is 0 Å². The van der Waals surface area contributed by atoms with E-state index in [-0.39, 0.29) is 14.9 Å². The number of carbonyl (C=O) groups excluding carboxylic acids is 1. The molecule has 4 N–H and O–H groups in total. The molecule has 1 saturated heterocycles. The number of nitrogens with zero attached hydrogens (tertiary/aromatic N) is 3. The van der Waals surface area contributed by atoms with Crippen molar-refractivity contribution in [1.82, 2.24) is 14.8 Å². The lowest BCUT2D eigenvalue weighted by molar-refractivity contribution is 0.108.